The predicted octanol–water partition coefficient (Wildman–Crippen LogP) is 4.36. The van der Waals surface area contributed by atoms with Crippen LogP contribution in [0.5, 0.6) is 0 Å². The number of nitrogens with zero attached hydrogens (tertiary/aromatic N) is 2. The van der Waals surface area contributed by atoms with E-state index in [1.165, 1.54) is 29.2 Å². The Morgan fingerprint density at radius 2 is 1.73 bits per heavy atom. The molecule has 2 aromatic heterocycles. The van der Waals surface area contributed by atoms with E-state index in [-0.39, 0.29) is 21.5 Å². The Balaban J connectivity index is 1.28. The van der Waals surface area contributed by atoms with Crippen molar-refractivity contribution in [1.82, 2.24) is 20.6 Å². The highest BCUT2D eigenvalue weighted by atomic mass is 35.5. The second-order valence-electron chi connectivity index (χ2n) is 7.41. The number of benzene rings is 1. The van der Waals surface area contributed by atoms with Crippen molar-refractivity contribution in [2.75, 3.05) is 0 Å². The second kappa shape index (κ2) is 9.56. The lowest BCUT2D eigenvalue weighted by Crippen LogP contribution is -2.34. The smallest absolute Gasteiger partial charge is 0.254 e. The van der Waals surface area contributed by atoms with E-state index in [9.17, 15) is 4.79 Å². The zero-order valence-corrected chi connectivity index (χ0v) is 17.9. The number of hydrogen-bond donors (Lipinski definition) is 2. The van der Waals surface area contributed by atoms with Gasteiger partial charge in [0.05, 0.1) is 15.6 Å². The van der Waals surface area contributed by atoms with Crippen LogP contribution in [0.1, 0.15) is 39.2 Å². The zero-order valence-electron chi connectivity index (χ0n) is 16.4. The molecule has 0 bridgehead atoms. The third-order valence-electron chi connectivity index (χ3n) is 5.34. The van der Waals surface area contributed by atoms with Gasteiger partial charge in [-0.15, -0.1) is 0 Å². The number of carbonyl (C=O) groups is 1. The number of rotatable bonds is 6. The molecular weight excluding hydrogens is 419 g/mol. The summed E-state index contributed by atoms with van der Waals surface area (Å²) >= 11 is 12.1. The Morgan fingerprint density at radius 1 is 1.03 bits per heavy atom. The molecule has 30 heavy (non-hydrogen) atoms. The molecule has 0 radical (unpaired) electrons. The van der Waals surface area contributed by atoms with Gasteiger partial charge in [0.25, 0.3) is 5.91 Å². The molecule has 4 rings (SSSR count). The first-order chi connectivity index (χ1) is 14.6. The summed E-state index contributed by atoms with van der Waals surface area (Å²) in [4.78, 5) is 20.7. The van der Waals surface area contributed by atoms with E-state index in [0.717, 1.165) is 31.4 Å². The van der Waals surface area contributed by atoms with Crippen molar-refractivity contribution < 1.29 is 4.79 Å². The van der Waals surface area contributed by atoms with Gasteiger partial charge in [-0.05, 0) is 35.6 Å². The number of carbonyl (C=O) groups excluding carboxylic acids is 1. The van der Waals surface area contributed by atoms with Crippen LogP contribution in [0.4, 0.5) is 0 Å². The van der Waals surface area contributed by atoms with Gasteiger partial charge in [-0.2, -0.15) is 0 Å². The number of fused-ring (bicyclic) bond motifs is 1. The Kier molecular flexibility index (Phi) is 6.62. The van der Waals surface area contributed by atoms with Gasteiger partial charge in [-0.25, -0.2) is 0 Å². The number of halogens is 2. The lowest BCUT2D eigenvalue weighted by Gasteiger charge is -2.24. The molecule has 0 saturated carbocycles. The van der Waals surface area contributed by atoms with E-state index in [1.807, 2.05) is 24.4 Å². The van der Waals surface area contributed by atoms with Crippen LogP contribution in [0.2, 0.25) is 10.0 Å². The molecule has 0 spiro atoms. The minimum Gasteiger partial charge on any atom is -0.348 e. The van der Waals surface area contributed by atoms with E-state index in [4.69, 9.17) is 23.2 Å². The van der Waals surface area contributed by atoms with Crippen LogP contribution in [0.15, 0.2) is 55.0 Å². The molecule has 0 fully saturated rings. The summed E-state index contributed by atoms with van der Waals surface area (Å²) in [5.74, 6) is -0.315. The standard InChI is InChI=1S/C23H22Cl2N4O/c24-19-13-26-14-20(25)22(19)23(30)29-12-16-5-3-15(4-6-16)11-28-18-8-7-17-2-1-9-27-21(17)10-18/h1-6,9,13-14,18,28H,7-8,10-12H2,(H,29,30). The highest BCUT2D eigenvalue weighted by Gasteiger charge is 2.18. The molecule has 154 valence electrons. The van der Waals surface area contributed by atoms with Crippen LogP contribution >= 0.6 is 23.2 Å². The van der Waals surface area contributed by atoms with Crippen molar-refractivity contribution in [2.45, 2.75) is 38.4 Å². The SMILES string of the molecule is O=C(NCc1ccc(CNC2CCc3cccnc3C2)cc1)c1c(Cl)cncc1Cl. The average Bonchev–Trinajstić information content (AvgIpc) is 2.77. The van der Waals surface area contributed by atoms with Gasteiger partial charge in [0, 0.05) is 49.8 Å². The fraction of sp³-hybridized carbons (Fsp3) is 0.261. The van der Waals surface area contributed by atoms with Crippen molar-refractivity contribution in [2.24, 2.45) is 0 Å². The first-order valence-corrected chi connectivity index (χ1v) is 10.7. The van der Waals surface area contributed by atoms with Crippen LogP contribution in [0.25, 0.3) is 0 Å². The minimum atomic E-state index is -0.315. The highest BCUT2D eigenvalue weighted by Crippen LogP contribution is 2.23. The third kappa shape index (κ3) is 4.98. The van der Waals surface area contributed by atoms with E-state index < -0.39 is 0 Å². The van der Waals surface area contributed by atoms with E-state index in [0.29, 0.717) is 12.6 Å². The van der Waals surface area contributed by atoms with Gasteiger partial charge in [0.15, 0.2) is 0 Å². The van der Waals surface area contributed by atoms with Crippen molar-refractivity contribution in [3.05, 3.63) is 93.0 Å². The predicted molar refractivity (Wildman–Crippen MR) is 119 cm³/mol. The van der Waals surface area contributed by atoms with E-state index in [2.05, 4.69) is 38.8 Å². The number of nitrogens with one attached hydrogen (secondary N) is 2. The second-order valence-corrected chi connectivity index (χ2v) is 8.22. The summed E-state index contributed by atoms with van der Waals surface area (Å²) in [6.07, 6.45) is 7.86. The summed E-state index contributed by atoms with van der Waals surface area (Å²) in [7, 11) is 0. The van der Waals surface area contributed by atoms with Gasteiger partial charge in [-0.1, -0.05) is 53.5 Å². The Hall–Kier alpha value is -2.47. The maximum atomic E-state index is 12.4. The molecule has 7 heteroatoms. The van der Waals surface area contributed by atoms with Gasteiger partial charge < -0.3 is 10.6 Å². The molecule has 1 amide bonds. The molecule has 2 N–H and O–H groups in total. The number of amides is 1. The molecule has 1 aliphatic rings. The summed E-state index contributed by atoms with van der Waals surface area (Å²) in [6.45, 7) is 1.20. The molecule has 1 atom stereocenters. The normalized spacial score (nSPS) is 15.5. The molecule has 1 unspecified atom stereocenters. The van der Waals surface area contributed by atoms with E-state index in [1.54, 1.807) is 0 Å². The first kappa shape index (κ1) is 20.8. The summed E-state index contributed by atoms with van der Waals surface area (Å²) < 4.78 is 0. The van der Waals surface area contributed by atoms with Crippen molar-refractivity contribution in [1.29, 1.82) is 0 Å². The number of hydrogen-bond acceptors (Lipinski definition) is 4. The first-order valence-electron chi connectivity index (χ1n) is 9.91. The lowest BCUT2D eigenvalue weighted by atomic mass is 9.92. The van der Waals surface area contributed by atoms with E-state index >= 15 is 0 Å². The van der Waals surface area contributed by atoms with Crippen LogP contribution in [0.3, 0.4) is 0 Å². The van der Waals surface area contributed by atoms with Crippen molar-refractivity contribution >= 4 is 29.1 Å². The molecule has 0 aliphatic heterocycles. The van der Waals surface area contributed by atoms with Gasteiger partial charge in [0.1, 0.15) is 0 Å². The maximum absolute atomic E-state index is 12.4. The number of pyridine rings is 2. The zero-order chi connectivity index (χ0) is 20.9. The average molecular weight is 441 g/mol. The quantitative estimate of drug-likeness (QED) is 0.597. The monoisotopic (exact) mass is 440 g/mol. The van der Waals surface area contributed by atoms with Crippen molar-refractivity contribution in [3.8, 4) is 0 Å². The Morgan fingerprint density at radius 3 is 2.47 bits per heavy atom. The molecule has 0 saturated heterocycles. The molecule has 1 aliphatic carbocycles. The Bertz CT molecular complexity index is 1020. The molecule has 1 aromatic carbocycles. The van der Waals surface area contributed by atoms with Gasteiger partial charge >= 0.3 is 0 Å². The fourth-order valence-electron chi connectivity index (χ4n) is 3.66. The highest BCUT2D eigenvalue weighted by molar-refractivity contribution is 6.39. The fourth-order valence-corrected chi connectivity index (χ4v) is 4.19. The summed E-state index contributed by atoms with van der Waals surface area (Å²) in [5, 5.41) is 6.96. The summed E-state index contributed by atoms with van der Waals surface area (Å²) in [6, 6.07) is 12.8. The van der Waals surface area contributed by atoms with Crippen LogP contribution in [-0.2, 0) is 25.9 Å². The minimum absolute atomic E-state index is 0.238. The van der Waals surface area contributed by atoms with Crippen molar-refractivity contribution in [3.63, 3.8) is 0 Å². The summed E-state index contributed by atoms with van der Waals surface area (Å²) in [5.41, 5.74) is 5.04. The topological polar surface area (TPSA) is 66.9 Å². The van der Waals surface area contributed by atoms with Crippen LogP contribution in [-0.4, -0.2) is 21.9 Å². The van der Waals surface area contributed by atoms with Gasteiger partial charge in [-0.3, -0.25) is 14.8 Å². The maximum Gasteiger partial charge on any atom is 0.254 e. The molecular formula is C23H22Cl2N4O. The molecule has 3 aromatic rings. The Labute approximate surface area is 185 Å². The molecule has 2 heterocycles. The lowest BCUT2D eigenvalue weighted by molar-refractivity contribution is 0.0951. The van der Waals surface area contributed by atoms with Crippen LogP contribution in [0, 0.1) is 0 Å². The van der Waals surface area contributed by atoms with Gasteiger partial charge in [0.2, 0.25) is 0 Å². The molecule has 5 nitrogen and oxygen atoms in total. The number of aromatic nitrogens is 2. The third-order valence-corrected chi connectivity index (χ3v) is 5.91. The largest absolute Gasteiger partial charge is 0.348 e. The van der Waals surface area contributed by atoms with Crippen LogP contribution < -0.4 is 10.6 Å². The number of aryl methyl sites for hydroxylation is 1.